The van der Waals surface area contributed by atoms with Gasteiger partial charge in [-0.1, -0.05) is 30.5 Å². The van der Waals surface area contributed by atoms with E-state index in [1.165, 1.54) is 60.4 Å². The molecule has 1 atom stereocenters. The van der Waals surface area contributed by atoms with E-state index in [0.29, 0.717) is 6.10 Å². The molecule has 1 N–H and O–H groups in total. The molecule has 4 heteroatoms. The summed E-state index contributed by atoms with van der Waals surface area (Å²) < 4.78 is 18.8. The molecule has 2 fully saturated rings. The molecule has 0 radical (unpaired) electrons. The summed E-state index contributed by atoms with van der Waals surface area (Å²) in [7, 11) is 1.71. The minimum Gasteiger partial charge on any atom is -0.497 e. The van der Waals surface area contributed by atoms with Gasteiger partial charge in [0.1, 0.15) is 34.3 Å². The van der Waals surface area contributed by atoms with Crippen LogP contribution in [0.3, 0.4) is 0 Å². The van der Waals surface area contributed by atoms with Gasteiger partial charge in [0.2, 0.25) is 0 Å². The fourth-order valence-electron chi connectivity index (χ4n) is 6.63. The van der Waals surface area contributed by atoms with Crippen molar-refractivity contribution in [2.75, 3.05) is 7.11 Å². The van der Waals surface area contributed by atoms with Crippen LogP contribution in [0.4, 0.5) is 17.1 Å². The van der Waals surface area contributed by atoms with E-state index in [2.05, 4.69) is 86.6 Å². The van der Waals surface area contributed by atoms with Gasteiger partial charge in [-0.25, -0.2) is 4.90 Å². The number of hydrogen-bond donors (Lipinski definition) is 1. The molecule has 224 valence electrons. The van der Waals surface area contributed by atoms with Gasteiger partial charge in [0.05, 0.1) is 19.3 Å². The summed E-state index contributed by atoms with van der Waals surface area (Å²) in [6.07, 6.45) is 12.8. The number of nitrogens with one attached hydrogen (secondary N) is 1. The smallest absolute Gasteiger partial charge is 0.141 e. The summed E-state index contributed by atoms with van der Waals surface area (Å²) in [5, 5.41) is 0. The lowest BCUT2D eigenvalue weighted by Crippen LogP contribution is -2.96. The maximum Gasteiger partial charge on any atom is 0.141 e. The fraction of sp³-hybridized carbons (Fsp3) is 0.385. The summed E-state index contributed by atoms with van der Waals surface area (Å²) in [6, 6.07) is 30.6. The number of rotatable bonds is 9. The van der Waals surface area contributed by atoms with Crippen LogP contribution in [0.2, 0.25) is 0 Å². The monoisotopic (exact) mass is 576 g/mol. The summed E-state index contributed by atoms with van der Waals surface area (Å²) in [4.78, 5) is 1.21. The molecule has 0 aromatic heterocycles. The first-order chi connectivity index (χ1) is 21.1. The van der Waals surface area contributed by atoms with E-state index in [1.807, 2.05) is 12.1 Å². The average Bonchev–Trinajstić information content (AvgIpc) is 3.05. The van der Waals surface area contributed by atoms with Gasteiger partial charge in [0.15, 0.2) is 0 Å². The highest BCUT2D eigenvalue weighted by Crippen LogP contribution is 2.39. The number of ether oxygens (including phenoxy) is 3. The first-order valence-electron chi connectivity index (χ1n) is 16.2. The third kappa shape index (κ3) is 7.08. The van der Waals surface area contributed by atoms with Crippen molar-refractivity contribution in [2.45, 2.75) is 90.3 Å². The zero-order valence-electron chi connectivity index (χ0n) is 26.0. The highest BCUT2D eigenvalue weighted by molar-refractivity contribution is 5.74. The van der Waals surface area contributed by atoms with E-state index in [1.54, 1.807) is 7.11 Å². The quantitative estimate of drug-likeness (QED) is 0.215. The Labute approximate surface area is 257 Å². The van der Waals surface area contributed by atoms with Gasteiger partial charge in [-0.3, -0.25) is 0 Å². The molecule has 4 aromatic rings. The third-order valence-electron chi connectivity index (χ3n) is 9.17. The summed E-state index contributed by atoms with van der Waals surface area (Å²) in [5.41, 5.74) is 8.23. The van der Waals surface area contributed by atoms with Crippen molar-refractivity contribution >= 4 is 17.1 Å². The molecule has 0 heterocycles. The number of hydrogen-bond acceptors (Lipinski definition) is 3. The first-order valence-corrected chi connectivity index (χ1v) is 16.2. The Morgan fingerprint density at radius 1 is 0.558 bits per heavy atom. The molecule has 2 aliphatic carbocycles. The average molecular weight is 577 g/mol. The fourth-order valence-corrected chi connectivity index (χ4v) is 6.63. The van der Waals surface area contributed by atoms with Crippen LogP contribution in [-0.4, -0.2) is 19.3 Å². The van der Waals surface area contributed by atoms with Gasteiger partial charge in [-0.15, -0.1) is 0 Å². The molecule has 0 amide bonds. The Hall–Kier alpha value is -3.76. The van der Waals surface area contributed by atoms with Gasteiger partial charge in [-0.2, -0.15) is 0 Å². The zero-order chi connectivity index (χ0) is 29.6. The lowest BCUT2D eigenvalue weighted by Gasteiger charge is -2.27. The molecule has 4 nitrogen and oxygen atoms in total. The maximum atomic E-state index is 6.74. The highest BCUT2D eigenvalue weighted by atomic mass is 16.5. The van der Waals surface area contributed by atoms with Gasteiger partial charge in [0.25, 0.3) is 0 Å². The maximum absolute atomic E-state index is 6.74. The van der Waals surface area contributed by atoms with Crippen LogP contribution in [0, 0.1) is 13.8 Å². The molecule has 2 saturated carbocycles. The lowest BCUT2D eigenvalue weighted by molar-refractivity contribution is -0.681. The van der Waals surface area contributed by atoms with Crippen LogP contribution in [-0.2, 0) is 0 Å². The lowest BCUT2D eigenvalue weighted by atomic mass is 9.96. The third-order valence-corrected chi connectivity index (χ3v) is 9.17. The molecule has 0 saturated heterocycles. The molecular weight excluding hydrogens is 530 g/mol. The van der Waals surface area contributed by atoms with Crippen molar-refractivity contribution in [3.63, 3.8) is 0 Å². The number of benzene rings is 4. The van der Waals surface area contributed by atoms with Gasteiger partial charge in [0, 0.05) is 42.0 Å². The Balaban J connectivity index is 1.36. The topological polar surface area (TPSA) is 32.1 Å². The number of aryl methyl sites for hydroxylation is 2. The van der Waals surface area contributed by atoms with Crippen LogP contribution < -0.4 is 19.1 Å². The summed E-state index contributed by atoms with van der Waals surface area (Å²) >= 11 is 0. The predicted molar refractivity (Wildman–Crippen MR) is 176 cm³/mol. The van der Waals surface area contributed by atoms with Crippen molar-refractivity contribution in [3.8, 4) is 28.4 Å². The van der Waals surface area contributed by atoms with E-state index in [-0.39, 0.29) is 6.10 Å². The number of methoxy groups -OCH3 is 1. The second-order valence-electron chi connectivity index (χ2n) is 12.4. The Bertz CT molecular complexity index is 1470. The molecule has 0 bridgehead atoms. The largest absolute Gasteiger partial charge is 0.497 e. The van der Waals surface area contributed by atoms with Gasteiger partial charge in [-0.05, 0) is 113 Å². The summed E-state index contributed by atoms with van der Waals surface area (Å²) in [6.45, 7) is 4.29. The SMILES string of the molecule is COc1ccc([NH+](c2ccc(C)cc2)c2ccc(-c3cc(OC4CCCCC4)c(C)cc3OC3CCCCC3)cc2)cc1. The van der Waals surface area contributed by atoms with Gasteiger partial charge >= 0.3 is 0 Å². The Kier molecular flexibility index (Phi) is 9.33. The first kappa shape index (κ1) is 29.3. The molecule has 0 aliphatic heterocycles. The summed E-state index contributed by atoms with van der Waals surface area (Å²) in [5.74, 6) is 2.83. The predicted octanol–water partition coefficient (Wildman–Crippen LogP) is 9.58. The van der Waals surface area contributed by atoms with Crippen LogP contribution in [0.5, 0.6) is 17.2 Å². The minimum absolute atomic E-state index is 0.285. The van der Waals surface area contributed by atoms with Gasteiger partial charge < -0.3 is 14.2 Å². The van der Waals surface area contributed by atoms with E-state index in [4.69, 9.17) is 14.2 Å². The van der Waals surface area contributed by atoms with Crippen LogP contribution >= 0.6 is 0 Å². The van der Waals surface area contributed by atoms with Crippen LogP contribution in [0.15, 0.2) is 84.9 Å². The second-order valence-corrected chi connectivity index (χ2v) is 12.4. The van der Waals surface area contributed by atoms with Crippen molar-refractivity contribution in [1.82, 2.24) is 0 Å². The van der Waals surface area contributed by atoms with E-state index in [0.717, 1.165) is 65.3 Å². The van der Waals surface area contributed by atoms with E-state index in [9.17, 15) is 0 Å². The molecule has 0 spiro atoms. The van der Waals surface area contributed by atoms with Crippen molar-refractivity contribution in [1.29, 1.82) is 0 Å². The number of quaternary nitrogens is 1. The standard InChI is InChI=1S/C39H45NO3/c1-28-14-18-31(19-15-28)40(33-22-24-34(41-3)25-23-33)32-20-16-30(17-21-32)37-27-38(42-35-10-6-4-7-11-35)29(2)26-39(37)43-36-12-8-5-9-13-36/h14-27,35-36H,4-13H2,1-3H3/p+1. The normalized spacial score (nSPS) is 16.9. The Morgan fingerprint density at radius 2 is 1.05 bits per heavy atom. The Morgan fingerprint density at radius 3 is 1.58 bits per heavy atom. The minimum atomic E-state index is 0.285. The second kappa shape index (κ2) is 13.7. The van der Waals surface area contributed by atoms with Crippen molar-refractivity contribution in [3.05, 3.63) is 96.1 Å². The van der Waals surface area contributed by atoms with E-state index >= 15 is 0 Å². The molecule has 6 rings (SSSR count). The molecular formula is C39H46NO3+. The molecule has 4 aromatic carbocycles. The zero-order valence-corrected chi connectivity index (χ0v) is 26.0. The molecule has 43 heavy (non-hydrogen) atoms. The van der Waals surface area contributed by atoms with Crippen LogP contribution in [0.25, 0.3) is 11.1 Å². The van der Waals surface area contributed by atoms with Crippen LogP contribution in [0.1, 0.15) is 75.3 Å². The molecule has 2 aliphatic rings. The highest BCUT2D eigenvalue weighted by Gasteiger charge is 2.23. The van der Waals surface area contributed by atoms with E-state index < -0.39 is 0 Å². The van der Waals surface area contributed by atoms with Crippen molar-refractivity contribution in [2.24, 2.45) is 0 Å². The van der Waals surface area contributed by atoms with Crippen molar-refractivity contribution < 1.29 is 19.1 Å². The molecule has 1 unspecified atom stereocenters.